The lowest BCUT2D eigenvalue weighted by atomic mass is 9.93. The molecule has 0 spiro atoms. The molecule has 0 saturated carbocycles. The molecule has 232 valence electrons. The van der Waals surface area contributed by atoms with Crippen LogP contribution in [0.25, 0.3) is 11.8 Å². The highest BCUT2D eigenvalue weighted by molar-refractivity contribution is 14.1. The first-order chi connectivity index (χ1) is 22.4. The Hall–Kier alpha value is -4.55. The average molecular weight is 747 g/mol. The Labute approximate surface area is 282 Å². The summed E-state index contributed by atoms with van der Waals surface area (Å²) in [6, 6.07) is 28.0. The van der Waals surface area contributed by atoms with Gasteiger partial charge >= 0.3 is 5.97 Å². The molecule has 0 saturated heterocycles. The molecule has 1 aromatic heterocycles. The lowest BCUT2D eigenvalue weighted by Crippen LogP contribution is -2.40. The van der Waals surface area contributed by atoms with Crippen molar-refractivity contribution in [2.45, 2.75) is 19.6 Å². The Kier molecular flexibility index (Phi) is 9.46. The first-order valence-electron chi connectivity index (χ1n) is 14.5. The van der Waals surface area contributed by atoms with Crippen LogP contribution in [0.1, 0.15) is 35.2 Å². The lowest BCUT2D eigenvalue weighted by Gasteiger charge is -2.25. The highest BCUT2D eigenvalue weighted by Gasteiger charge is 2.35. The first kappa shape index (κ1) is 31.4. The number of fused-ring (bicyclic) bond motifs is 1. The summed E-state index contributed by atoms with van der Waals surface area (Å²) in [4.78, 5) is 33.1. The zero-order valence-corrected chi connectivity index (χ0v) is 27.9. The first-order valence-corrected chi connectivity index (χ1v) is 16.4. The fourth-order valence-corrected chi connectivity index (χ4v) is 7.02. The quantitative estimate of drug-likeness (QED) is 0.131. The van der Waals surface area contributed by atoms with Gasteiger partial charge in [0.1, 0.15) is 12.4 Å². The van der Waals surface area contributed by atoms with Gasteiger partial charge in [-0.1, -0.05) is 84.1 Å². The molecule has 0 bridgehead atoms. The number of methoxy groups -OCH3 is 1. The minimum absolute atomic E-state index is 0.181. The summed E-state index contributed by atoms with van der Waals surface area (Å²) in [5, 5.41) is 0. The third kappa shape index (κ3) is 6.40. The Morgan fingerprint density at radius 3 is 2.39 bits per heavy atom. The number of ether oxygens (including phenoxy) is 3. The molecule has 6 rings (SSSR count). The van der Waals surface area contributed by atoms with Crippen molar-refractivity contribution >= 4 is 51.7 Å². The molecule has 5 aromatic rings. The van der Waals surface area contributed by atoms with Crippen LogP contribution in [0.5, 0.6) is 11.5 Å². The summed E-state index contributed by atoms with van der Waals surface area (Å²) < 4.78 is 33.4. The van der Waals surface area contributed by atoms with Crippen LogP contribution in [-0.2, 0) is 16.1 Å². The van der Waals surface area contributed by atoms with E-state index in [0.29, 0.717) is 32.1 Å². The largest absolute Gasteiger partial charge is 0.493 e. The van der Waals surface area contributed by atoms with Crippen LogP contribution in [0.3, 0.4) is 0 Å². The Balaban J connectivity index is 1.48. The van der Waals surface area contributed by atoms with Crippen LogP contribution < -0.4 is 24.4 Å². The fourth-order valence-electron chi connectivity index (χ4n) is 5.24. The van der Waals surface area contributed by atoms with Crippen molar-refractivity contribution in [2.75, 3.05) is 13.7 Å². The third-order valence-corrected chi connectivity index (χ3v) is 9.12. The molecular weight excluding hydrogens is 718 g/mol. The Morgan fingerprint density at radius 1 is 1.02 bits per heavy atom. The average Bonchev–Trinajstić information content (AvgIpc) is 3.38. The molecule has 10 heteroatoms. The van der Waals surface area contributed by atoms with Crippen molar-refractivity contribution in [2.24, 2.45) is 4.99 Å². The predicted molar refractivity (Wildman–Crippen MR) is 184 cm³/mol. The number of aromatic nitrogens is 1. The number of hydrogen-bond donors (Lipinski definition) is 0. The molecule has 0 amide bonds. The smallest absolute Gasteiger partial charge is 0.338 e. The zero-order chi connectivity index (χ0) is 32.2. The maximum Gasteiger partial charge on any atom is 0.338 e. The summed E-state index contributed by atoms with van der Waals surface area (Å²) in [5.74, 6) is 0.200. The van der Waals surface area contributed by atoms with E-state index in [1.54, 1.807) is 42.9 Å². The number of benzene rings is 4. The number of halogens is 2. The van der Waals surface area contributed by atoms with Crippen molar-refractivity contribution in [1.82, 2.24) is 4.57 Å². The van der Waals surface area contributed by atoms with E-state index in [4.69, 9.17) is 19.2 Å². The van der Waals surface area contributed by atoms with Gasteiger partial charge < -0.3 is 14.2 Å². The Bertz CT molecular complexity index is 2110. The second-order valence-corrected chi connectivity index (χ2v) is 12.5. The van der Waals surface area contributed by atoms with Crippen LogP contribution >= 0.6 is 33.9 Å². The topological polar surface area (TPSA) is 79.1 Å². The van der Waals surface area contributed by atoms with Gasteiger partial charge in [-0.2, -0.15) is 0 Å². The van der Waals surface area contributed by atoms with Crippen LogP contribution in [0.2, 0.25) is 0 Å². The molecule has 1 aliphatic heterocycles. The van der Waals surface area contributed by atoms with E-state index in [-0.39, 0.29) is 24.6 Å². The van der Waals surface area contributed by atoms with Gasteiger partial charge in [-0.15, -0.1) is 0 Å². The number of hydrogen-bond acceptors (Lipinski definition) is 7. The number of carbonyl (C=O) groups excluding carboxylic acids is 1. The molecular formula is C36H28FIN2O5S. The predicted octanol–water partition coefficient (Wildman–Crippen LogP) is 6.27. The third-order valence-electron chi connectivity index (χ3n) is 7.33. The number of thiazole rings is 1. The van der Waals surface area contributed by atoms with Gasteiger partial charge in [-0.25, -0.2) is 14.2 Å². The van der Waals surface area contributed by atoms with E-state index in [2.05, 4.69) is 22.6 Å². The van der Waals surface area contributed by atoms with Crippen LogP contribution in [0, 0.1) is 9.39 Å². The lowest BCUT2D eigenvalue weighted by molar-refractivity contribution is -0.138. The second-order valence-electron chi connectivity index (χ2n) is 10.3. The molecule has 4 aromatic carbocycles. The maximum absolute atomic E-state index is 14.2. The molecule has 0 aliphatic carbocycles. The zero-order valence-electron chi connectivity index (χ0n) is 24.9. The molecule has 1 aliphatic rings. The van der Waals surface area contributed by atoms with Gasteiger partial charge in [0.25, 0.3) is 5.56 Å². The summed E-state index contributed by atoms with van der Waals surface area (Å²) in [6.07, 6.45) is 1.79. The molecule has 7 nitrogen and oxygen atoms in total. The maximum atomic E-state index is 14.2. The van der Waals surface area contributed by atoms with Gasteiger partial charge in [-0.05, 0) is 76.5 Å². The van der Waals surface area contributed by atoms with E-state index in [1.165, 1.54) is 23.5 Å². The monoisotopic (exact) mass is 746 g/mol. The molecule has 0 radical (unpaired) electrons. The summed E-state index contributed by atoms with van der Waals surface area (Å²) in [5.41, 5.74) is 3.55. The number of esters is 1. The van der Waals surface area contributed by atoms with Crippen molar-refractivity contribution in [3.63, 3.8) is 0 Å². The van der Waals surface area contributed by atoms with Crippen LogP contribution in [-0.4, -0.2) is 24.3 Å². The van der Waals surface area contributed by atoms with Gasteiger partial charge in [0.2, 0.25) is 0 Å². The second kappa shape index (κ2) is 13.8. The van der Waals surface area contributed by atoms with Gasteiger partial charge in [0.05, 0.1) is 39.1 Å². The number of carbonyl (C=O) groups is 1. The van der Waals surface area contributed by atoms with Gasteiger partial charge in [0.15, 0.2) is 16.3 Å². The van der Waals surface area contributed by atoms with Crippen molar-refractivity contribution in [1.29, 1.82) is 0 Å². The number of nitrogens with zero attached hydrogens (tertiary/aromatic N) is 2. The van der Waals surface area contributed by atoms with E-state index in [9.17, 15) is 14.0 Å². The van der Waals surface area contributed by atoms with Crippen LogP contribution in [0.15, 0.2) is 112 Å². The highest BCUT2D eigenvalue weighted by atomic mass is 127. The van der Waals surface area contributed by atoms with Gasteiger partial charge in [-0.3, -0.25) is 9.36 Å². The highest BCUT2D eigenvalue weighted by Crippen LogP contribution is 2.36. The summed E-state index contributed by atoms with van der Waals surface area (Å²) in [7, 11) is 1.55. The fraction of sp³-hybridized carbons (Fsp3) is 0.139. The minimum atomic E-state index is -0.745. The Morgan fingerprint density at radius 2 is 1.72 bits per heavy atom. The van der Waals surface area contributed by atoms with E-state index >= 15 is 0 Å². The van der Waals surface area contributed by atoms with Crippen molar-refractivity contribution < 1.29 is 23.4 Å². The minimum Gasteiger partial charge on any atom is -0.493 e. The SMILES string of the molecule is CCOC(=O)C1=C(c2ccccc2)N=c2s/c(=C\c3cc(I)c(OCc4ccc(F)cc4)c(OC)c3)c(=O)n2[C@@H]1c1ccccc1. The molecule has 0 fully saturated rings. The van der Waals surface area contributed by atoms with Gasteiger partial charge in [0, 0.05) is 5.56 Å². The standard InChI is InChI=1S/C36H28FIN2O5S/c1-3-44-35(42)30-31(24-10-6-4-7-11-24)39-36-40(32(30)25-12-8-5-9-13-25)34(41)29(46-36)20-23-18-27(38)33(28(19-23)43-2)45-21-22-14-16-26(37)17-15-22/h4-20,32H,3,21H2,1-2H3/b29-20-/t32-/m1/s1. The van der Waals surface area contributed by atoms with Crippen molar-refractivity contribution in [3.8, 4) is 11.5 Å². The summed E-state index contributed by atoms with van der Waals surface area (Å²) in [6.45, 7) is 2.17. The molecule has 1 atom stereocenters. The molecule has 0 unspecified atom stereocenters. The molecule has 0 N–H and O–H groups in total. The summed E-state index contributed by atoms with van der Waals surface area (Å²) >= 11 is 3.42. The van der Waals surface area contributed by atoms with E-state index < -0.39 is 12.0 Å². The van der Waals surface area contributed by atoms with Crippen LogP contribution in [0.4, 0.5) is 4.39 Å². The molecule has 2 heterocycles. The number of rotatable bonds is 9. The normalized spacial score (nSPS) is 14.4. The van der Waals surface area contributed by atoms with Crippen molar-refractivity contribution in [3.05, 3.63) is 154 Å². The van der Waals surface area contributed by atoms with E-state index in [0.717, 1.165) is 25.8 Å². The molecule has 46 heavy (non-hydrogen) atoms. The van der Waals surface area contributed by atoms with E-state index in [1.807, 2.05) is 66.7 Å².